The molecule has 1 aromatic rings. The van der Waals surface area contributed by atoms with Crippen molar-refractivity contribution in [2.24, 2.45) is 5.92 Å². The molecule has 31 heavy (non-hydrogen) atoms. The Morgan fingerprint density at radius 2 is 1.97 bits per heavy atom. The van der Waals surface area contributed by atoms with Crippen LogP contribution in [0, 0.1) is 5.92 Å². The summed E-state index contributed by atoms with van der Waals surface area (Å²) < 4.78 is 52.5. The summed E-state index contributed by atoms with van der Waals surface area (Å²) in [6, 6.07) is 4.78. The first-order valence-electron chi connectivity index (χ1n) is 10.8. The summed E-state index contributed by atoms with van der Waals surface area (Å²) in [6.45, 7) is 4.66. The Hall–Kier alpha value is -2.00. The van der Waals surface area contributed by atoms with E-state index in [1.807, 2.05) is 4.90 Å². The van der Waals surface area contributed by atoms with Crippen molar-refractivity contribution in [1.29, 1.82) is 0 Å². The molecule has 174 valence electrons. The van der Waals surface area contributed by atoms with Crippen molar-refractivity contribution in [2.45, 2.75) is 31.9 Å². The van der Waals surface area contributed by atoms with E-state index in [1.54, 1.807) is 12.1 Å². The van der Waals surface area contributed by atoms with Crippen LogP contribution in [0.15, 0.2) is 18.2 Å². The predicted octanol–water partition coefficient (Wildman–Crippen LogP) is 3.14. The summed E-state index contributed by atoms with van der Waals surface area (Å²) >= 11 is 0. The standard InChI is InChI=1S/C22H31F3N2O4/c1-29-20-13-17(4-6-19(20)31-16-22(23,24)25)5-7-21(28)27-8-2-3-18(15-27)14-26-9-11-30-12-10-26/h4,6,13,18H,2-3,5,7-12,14-16H2,1H3. The molecule has 0 N–H and O–H groups in total. The summed E-state index contributed by atoms with van der Waals surface area (Å²) in [5.41, 5.74) is 0.825. The first kappa shape index (κ1) is 23.7. The highest BCUT2D eigenvalue weighted by atomic mass is 19.4. The topological polar surface area (TPSA) is 51.2 Å². The van der Waals surface area contributed by atoms with E-state index in [0.717, 1.165) is 64.3 Å². The molecule has 0 spiro atoms. The number of hydrogen-bond donors (Lipinski definition) is 0. The van der Waals surface area contributed by atoms with E-state index < -0.39 is 12.8 Å². The minimum absolute atomic E-state index is 0.0388. The molecule has 0 saturated carbocycles. The summed E-state index contributed by atoms with van der Waals surface area (Å²) in [6.07, 6.45) is -1.41. The number of methoxy groups -OCH3 is 1. The Labute approximate surface area is 181 Å². The molecule has 0 radical (unpaired) electrons. The number of amides is 1. The van der Waals surface area contributed by atoms with Crippen LogP contribution in [0.25, 0.3) is 0 Å². The number of nitrogens with zero attached hydrogens (tertiary/aromatic N) is 2. The number of morpholine rings is 1. The molecular formula is C22H31F3N2O4. The monoisotopic (exact) mass is 444 g/mol. The van der Waals surface area contributed by atoms with E-state index in [0.29, 0.717) is 18.8 Å². The number of likely N-dealkylation sites (tertiary alicyclic amines) is 1. The highest BCUT2D eigenvalue weighted by Gasteiger charge is 2.29. The summed E-state index contributed by atoms with van der Waals surface area (Å²) in [5.74, 6) is 0.874. The largest absolute Gasteiger partial charge is 0.493 e. The van der Waals surface area contributed by atoms with E-state index in [9.17, 15) is 18.0 Å². The molecule has 0 bridgehead atoms. The number of ether oxygens (including phenoxy) is 3. The maximum atomic E-state index is 12.8. The van der Waals surface area contributed by atoms with E-state index in [-0.39, 0.29) is 17.4 Å². The lowest BCUT2D eigenvalue weighted by Crippen LogP contribution is -2.46. The van der Waals surface area contributed by atoms with Crippen molar-refractivity contribution < 1.29 is 32.2 Å². The number of carbonyl (C=O) groups is 1. The highest BCUT2D eigenvalue weighted by molar-refractivity contribution is 5.76. The van der Waals surface area contributed by atoms with E-state index in [2.05, 4.69) is 4.90 Å². The minimum Gasteiger partial charge on any atom is -0.493 e. The molecule has 2 heterocycles. The Kier molecular flexibility index (Phi) is 8.43. The van der Waals surface area contributed by atoms with Crippen LogP contribution >= 0.6 is 0 Å². The minimum atomic E-state index is -4.41. The zero-order chi connectivity index (χ0) is 22.3. The second-order valence-corrected chi connectivity index (χ2v) is 8.15. The second kappa shape index (κ2) is 11.0. The van der Waals surface area contributed by atoms with Gasteiger partial charge in [-0.05, 0) is 42.9 Å². The van der Waals surface area contributed by atoms with Crippen LogP contribution in [0.1, 0.15) is 24.8 Å². The first-order valence-corrected chi connectivity index (χ1v) is 10.8. The third kappa shape index (κ3) is 7.57. The lowest BCUT2D eigenvalue weighted by molar-refractivity contribution is -0.153. The summed E-state index contributed by atoms with van der Waals surface area (Å²) in [7, 11) is 1.38. The third-order valence-electron chi connectivity index (χ3n) is 5.74. The number of piperidine rings is 1. The van der Waals surface area contributed by atoms with Crippen LogP contribution in [0.3, 0.4) is 0 Å². The zero-order valence-electron chi connectivity index (χ0n) is 18.0. The molecule has 0 aromatic heterocycles. The van der Waals surface area contributed by atoms with Gasteiger partial charge in [0.25, 0.3) is 0 Å². The van der Waals surface area contributed by atoms with Crippen LogP contribution in [-0.2, 0) is 16.0 Å². The third-order valence-corrected chi connectivity index (χ3v) is 5.74. The van der Waals surface area contributed by atoms with Gasteiger partial charge in [-0.3, -0.25) is 9.69 Å². The van der Waals surface area contributed by atoms with Crippen molar-refractivity contribution in [1.82, 2.24) is 9.80 Å². The van der Waals surface area contributed by atoms with Crippen molar-refractivity contribution in [3.63, 3.8) is 0 Å². The zero-order valence-corrected chi connectivity index (χ0v) is 18.0. The first-order chi connectivity index (χ1) is 14.8. The predicted molar refractivity (Wildman–Crippen MR) is 109 cm³/mol. The average Bonchev–Trinajstić information content (AvgIpc) is 2.76. The van der Waals surface area contributed by atoms with Crippen molar-refractivity contribution in [2.75, 3.05) is 59.7 Å². The van der Waals surface area contributed by atoms with Gasteiger partial charge in [-0.2, -0.15) is 13.2 Å². The van der Waals surface area contributed by atoms with Gasteiger partial charge in [0.05, 0.1) is 20.3 Å². The fourth-order valence-electron chi connectivity index (χ4n) is 4.15. The fraction of sp³-hybridized carbons (Fsp3) is 0.682. The highest BCUT2D eigenvalue weighted by Crippen LogP contribution is 2.30. The van der Waals surface area contributed by atoms with Gasteiger partial charge < -0.3 is 19.1 Å². The van der Waals surface area contributed by atoms with E-state index in [4.69, 9.17) is 14.2 Å². The molecule has 2 saturated heterocycles. The van der Waals surface area contributed by atoms with E-state index in [1.165, 1.54) is 13.2 Å². The van der Waals surface area contributed by atoms with Crippen molar-refractivity contribution in [3.05, 3.63) is 23.8 Å². The maximum absolute atomic E-state index is 12.8. The lowest BCUT2D eigenvalue weighted by atomic mass is 9.96. The molecule has 0 aliphatic carbocycles. The maximum Gasteiger partial charge on any atom is 0.422 e. The second-order valence-electron chi connectivity index (χ2n) is 8.15. The Morgan fingerprint density at radius 1 is 1.19 bits per heavy atom. The molecule has 1 aromatic carbocycles. The molecule has 2 fully saturated rings. The average molecular weight is 444 g/mol. The molecular weight excluding hydrogens is 413 g/mol. The van der Waals surface area contributed by atoms with Gasteiger partial charge in [0.1, 0.15) is 0 Å². The normalized spacial score (nSPS) is 20.5. The van der Waals surface area contributed by atoms with Crippen molar-refractivity contribution in [3.8, 4) is 11.5 Å². The quantitative estimate of drug-likeness (QED) is 0.617. The molecule has 2 aliphatic heterocycles. The Bertz CT molecular complexity index is 723. The number of rotatable bonds is 8. The molecule has 1 amide bonds. The number of halogens is 3. The smallest absolute Gasteiger partial charge is 0.422 e. The number of carbonyl (C=O) groups excluding carboxylic acids is 1. The number of alkyl halides is 3. The van der Waals surface area contributed by atoms with Crippen LogP contribution in [-0.4, -0.2) is 81.5 Å². The van der Waals surface area contributed by atoms with Gasteiger partial charge >= 0.3 is 6.18 Å². The van der Waals surface area contributed by atoms with Gasteiger partial charge in [0.2, 0.25) is 5.91 Å². The fourth-order valence-corrected chi connectivity index (χ4v) is 4.15. The number of aryl methyl sites for hydroxylation is 1. The molecule has 9 heteroatoms. The van der Waals surface area contributed by atoms with Gasteiger partial charge in [-0.25, -0.2) is 0 Å². The van der Waals surface area contributed by atoms with Crippen LogP contribution < -0.4 is 9.47 Å². The summed E-state index contributed by atoms with van der Waals surface area (Å²) in [4.78, 5) is 17.1. The lowest BCUT2D eigenvalue weighted by Gasteiger charge is -2.36. The Balaban J connectivity index is 1.49. The molecule has 2 aliphatic rings. The summed E-state index contributed by atoms with van der Waals surface area (Å²) in [5, 5.41) is 0. The molecule has 1 atom stereocenters. The van der Waals surface area contributed by atoms with Crippen LogP contribution in [0.4, 0.5) is 13.2 Å². The molecule has 3 rings (SSSR count). The van der Waals surface area contributed by atoms with Gasteiger partial charge in [-0.1, -0.05) is 6.07 Å². The van der Waals surface area contributed by atoms with E-state index >= 15 is 0 Å². The van der Waals surface area contributed by atoms with Gasteiger partial charge in [-0.15, -0.1) is 0 Å². The van der Waals surface area contributed by atoms with Gasteiger partial charge in [0.15, 0.2) is 18.1 Å². The Morgan fingerprint density at radius 3 is 2.68 bits per heavy atom. The number of hydrogen-bond acceptors (Lipinski definition) is 5. The van der Waals surface area contributed by atoms with Crippen molar-refractivity contribution >= 4 is 5.91 Å². The van der Waals surface area contributed by atoms with Crippen LogP contribution in [0.5, 0.6) is 11.5 Å². The molecule has 1 unspecified atom stereocenters. The number of benzene rings is 1. The van der Waals surface area contributed by atoms with Gasteiger partial charge in [0, 0.05) is 39.1 Å². The SMILES string of the molecule is COc1cc(CCC(=O)N2CCCC(CN3CCOCC3)C2)ccc1OCC(F)(F)F. The van der Waals surface area contributed by atoms with Crippen LogP contribution in [0.2, 0.25) is 0 Å². The molecule has 6 nitrogen and oxygen atoms in total.